The van der Waals surface area contributed by atoms with Gasteiger partial charge in [0.05, 0.1) is 18.9 Å². The van der Waals surface area contributed by atoms with E-state index in [4.69, 9.17) is 4.84 Å². The molecule has 0 spiro atoms. The SMILES string of the molecule is COC(=O)/C=C\ON=C1CCCC1. The summed E-state index contributed by atoms with van der Waals surface area (Å²) >= 11 is 0. The molecule has 1 fully saturated rings. The van der Waals surface area contributed by atoms with E-state index in [2.05, 4.69) is 9.89 Å². The molecule has 1 aliphatic carbocycles. The van der Waals surface area contributed by atoms with E-state index in [1.807, 2.05) is 0 Å². The van der Waals surface area contributed by atoms with Crippen molar-refractivity contribution in [2.45, 2.75) is 25.7 Å². The average Bonchev–Trinajstić information content (AvgIpc) is 2.64. The molecule has 0 saturated heterocycles. The maximum Gasteiger partial charge on any atom is 0.333 e. The molecule has 0 unspecified atom stereocenters. The molecule has 0 N–H and O–H groups in total. The zero-order valence-electron chi connectivity index (χ0n) is 7.66. The molecular weight excluding hydrogens is 170 g/mol. The van der Waals surface area contributed by atoms with Crippen molar-refractivity contribution in [3.05, 3.63) is 12.3 Å². The largest absolute Gasteiger partial charge is 0.466 e. The standard InChI is InChI=1S/C9H13NO3/c1-12-9(11)6-7-13-10-8-4-2-3-5-8/h6-7H,2-5H2,1H3/b7-6-. The minimum atomic E-state index is -0.438. The van der Waals surface area contributed by atoms with E-state index in [1.54, 1.807) is 0 Å². The Morgan fingerprint density at radius 2 is 2.15 bits per heavy atom. The Bertz CT molecular complexity index is 225. The van der Waals surface area contributed by atoms with Crippen LogP contribution in [0.25, 0.3) is 0 Å². The summed E-state index contributed by atoms with van der Waals surface area (Å²) in [7, 11) is 1.32. The van der Waals surface area contributed by atoms with Gasteiger partial charge in [0.25, 0.3) is 0 Å². The number of oxime groups is 1. The first-order valence-electron chi connectivity index (χ1n) is 4.29. The van der Waals surface area contributed by atoms with Crippen LogP contribution in [-0.4, -0.2) is 18.8 Å². The lowest BCUT2D eigenvalue weighted by Gasteiger charge is -1.92. The second-order valence-electron chi connectivity index (χ2n) is 2.80. The zero-order chi connectivity index (χ0) is 9.52. The number of carbonyl (C=O) groups excluding carboxylic acids is 1. The topological polar surface area (TPSA) is 47.9 Å². The Balaban J connectivity index is 2.22. The van der Waals surface area contributed by atoms with Crippen molar-refractivity contribution < 1.29 is 14.4 Å². The van der Waals surface area contributed by atoms with Crippen LogP contribution in [0.2, 0.25) is 0 Å². The number of carbonyl (C=O) groups is 1. The molecule has 0 atom stereocenters. The molecule has 1 aliphatic rings. The van der Waals surface area contributed by atoms with Gasteiger partial charge >= 0.3 is 5.97 Å². The Labute approximate surface area is 77.2 Å². The van der Waals surface area contributed by atoms with E-state index < -0.39 is 5.97 Å². The highest BCUT2D eigenvalue weighted by molar-refractivity contribution is 5.85. The van der Waals surface area contributed by atoms with Gasteiger partial charge in [-0.25, -0.2) is 4.79 Å². The molecule has 13 heavy (non-hydrogen) atoms. The lowest BCUT2D eigenvalue weighted by Crippen LogP contribution is -1.94. The van der Waals surface area contributed by atoms with Crippen LogP contribution in [0.1, 0.15) is 25.7 Å². The van der Waals surface area contributed by atoms with E-state index in [0.717, 1.165) is 18.6 Å². The number of hydrogen-bond acceptors (Lipinski definition) is 4. The van der Waals surface area contributed by atoms with Crippen LogP contribution in [0.15, 0.2) is 17.5 Å². The third-order valence-corrected chi connectivity index (χ3v) is 1.83. The van der Waals surface area contributed by atoms with E-state index in [-0.39, 0.29) is 0 Å². The van der Waals surface area contributed by atoms with Gasteiger partial charge in [-0.2, -0.15) is 0 Å². The number of hydrogen-bond donors (Lipinski definition) is 0. The molecule has 0 radical (unpaired) electrons. The number of methoxy groups -OCH3 is 1. The summed E-state index contributed by atoms with van der Waals surface area (Å²) in [6.45, 7) is 0. The van der Waals surface area contributed by atoms with E-state index >= 15 is 0 Å². The molecule has 1 saturated carbocycles. The van der Waals surface area contributed by atoms with Crippen molar-refractivity contribution in [3.8, 4) is 0 Å². The second-order valence-corrected chi connectivity index (χ2v) is 2.80. The summed E-state index contributed by atoms with van der Waals surface area (Å²) < 4.78 is 4.37. The molecule has 0 heterocycles. The fraction of sp³-hybridized carbons (Fsp3) is 0.556. The van der Waals surface area contributed by atoms with Crippen molar-refractivity contribution in [2.24, 2.45) is 5.16 Å². The highest BCUT2D eigenvalue weighted by Gasteiger charge is 2.07. The maximum atomic E-state index is 10.6. The molecule has 4 nitrogen and oxygen atoms in total. The molecule has 0 aromatic heterocycles. The monoisotopic (exact) mass is 183 g/mol. The molecular formula is C9H13NO3. The van der Waals surface area contributed by atoms with Crippen LogP contribution < -0.4 is 0 Å². The third kappa shape index (κ3) is 3.73. The zero-order valence-corrected chi connectivity index (χ0v) is 7.66. The van der Waals surface area contributed by atoms with Gasteiger partial charge in [0, 0.05) is 0 Å². The second kappa shape index (κ2) is 5.35. The Kier molecular flexibility index (Phi) is 4.02. The fourth-order valence-electron chi connectivity index (χ4n) is 1.13. The normalized spacial score (nSPS) is 16.2. The van der Waals surface area contributed by atoms with Gasteiger partial charge in [0.2, 0.25) is 0 Å². The predicted octanol–water partition coefficient (Wildman–Crippen LogP) is 1.62. The van der Waals surface area contributed by atoms with Crippen molar-refractivity contribution in [1.82, 2.24) is 0 Å². The summed E-state index contributed by atoms with van der Waals surface area (Å²) in [5.74, 6) is -0.438. The van der Waals surface area contributed by atoms with Crippen LogP contribution >= 0.6 is 0 Å². The van der Waals surface area contributed by atoms with Crippen molar-refractivity contribution in [1.29, 1.82) is 0 Å². The van der Waals surface area contributed by atoms with Gasteiger partial charge < -0.3 is 9.57 Å². The van der Waals surface area contributed by atoms with Crippen LogP contribution in [0.3, 0.4) is 0 Å². The molecule has 1 rings (SSSR count). The van der Waals surface area contributed by atoms with Gasteiger partial charge in [-0.1, -0.05) is 5.16 Å². The first kappa shape index (κ1) is 9.77. The van der Waals surface area contributed by atoms with E-state index in [9.17, 15) is 4.79 Å². The van der Waals surface area contributed by atoms with Crippen LogP contribution in [0.5, 0.6) is 0 Å². The Morgan fingerprint density at radius 1 is 1.46 bits per heavy atom. The Hall–Kier alpha value is -1.32. The van der Waals surface area contributed by atoms with Crippen molar-refractivity contribution in [3.63, 3.8) is 0 Å². The molecule has 4 heteroatoms. The minimum Gasteiger partial charge on any atom is -0.466 e. The molecule has 0 aromatic rings. The molecule has 0 amide bonds. The third-order valence-electron chi connectivity index (χ3n) is 1.83. The summed E-state index contributed by atoms with van der Waals surface area (Å²) in [6.07, 6.45) is 6.81. The molecule has 72 valence electrons. The molecule has 0 bridgehead atoms. The average molecular weight is 183 g/mol. The summed E-state index contributed by atoms with van der Waals surface area (Å²) in [5, 5.41) is 3.85. The quantitative estimate of drug-likeness (QED) is 0.289. The highest BCUT2D eigenvalue weighted by atomic mass is 16.6. The number of nitrogens with zero attached hydrogens (tertiary/aromatic N) is 1. The van der Waals surface area contributed by atoms with Gasteiger partial charge in [-0.05, 0) is 25.7 Å². The summed E-state index contributed by atoms with van der Waals surface area (Å²) in [5.41, 5.74) is 1.06. The maximum absolute atomic E-state index is 10.6. The number of esters is 1. The highest BCUT2D eigenvalue weighted by Crippen LogP contribution is 2.14. The Morgan fingerprint density at radius 3 is 2.77 bits per heavy atom. The summed E-state index contributed by atoms with van der Waals surface area (Å²) in [6, 6.07) is 0. The van der Waals surface area contributed by atoms with Crippen LogP contribution in [-0.2, 0) is 14.4 Å². The lowest BCUT2D eigenvalue weighted by molar-refractivity contribution is -0.134. The first-order chi connectivity index (χ1) is 6.33. The van der Waals surface area contributed by atoms with E-state index in [0.29, 0.717) is 0 Å². The van der Waals surface area contributed by atoms with Gasteiger partial charge in [-0.3, -0.25) is 0 Å². The van der Waals surface area contributed by atoms with Gasteiger partial charge in [0.1, 0.15) is 6.26 Å². The minimum absolute atomic E-state index is 0.438. The predicted molar refractivity (Wildman–Crippen MR) is 48.1 cm³/mol. The molecule has 0 aromatic carbocycles. The summed E-state index contributed by atoms with van der Waals surface area (Å²) in [4.78, 5) is 15.4. The lowest BCUT2D eigenvalue weighted by atomic mass is 10.3. The number of rotatable bonds is 3. The van der Waals surface area contributed by atoms with Crippen molar-refractivity contribution in [2.75, 3.05) is 7.11 Å². The smallest absolute Gasteiger partial charge is 0.333 e. The van der Waals surface area contributed by atoms with Crippen molar-refractivity contribution >= 4 is 11.7 Å². The molecule has 0 aliphatic heterocycles. The van der Waals surface area contributed by atoms with Gasteiger partial charge in [-0.15, -0.1) is 0 Å². The van der Waals surface area contributed by atoms with Crippen LogP contribution in [0, 0.1) is 0 Å². The van der Waals surface area contributed by atoms with Gasteiger partial charge in [0.15, 0.2) is 0 Å². The van der Waals surface area contributed by atoms with Crippen LogP contribution in [0.4, 0.5) is 0 Å². The number of ether oxygens (including phenoxy) is 1. The fourth-order valence-corrected chi connectivity index (χ4v) is 1.13. The first-order valence-corrected chi connectivity index (χ1v) is 4.29. The van der Waals surface area contributed by atoms with E-state index in [1.165, 1.54) is 32.3 Å².